The van der Waals surface area contributed by atoms with E-state index in [1.165, 1.54) is 18.7 Å². The molecule has 0 aliphatic carbocycles. The number of nitrogens with zero attached hydrogens (tertiary/aromatic N) is 1. The van der Waals surface area contributed by atoms with Gasteiger partial charge in [-0.05, 0) is 5.56 Å². The number of amides is 2. The van der Waals surface area contributed by atoms with E-state index in [4.69, 9.17) is 4.74 Å². The number of esters is 1. The predicted octanol–water partition coefficient (Wildman–Crippen LogP) is 0.0217. The lowest BCUT2D eigenvalue weighted by molar-refractivity contribution is -0.152. The zero-order chi connectivity index (χ0) is 20.4. The van der Waals surface area contributed by atoms with Gasteiger partial charge in [0.05, 0.1) is 0 Å². The number of rotatable bonds is 6. The molecule has 2 amide bonds. The fraction of sp³-hybridized carbons (Fsp3) is 0.333. The normalized spacial score (nSPS) is 22.1. The van der Waals surface area contributed by atoms with E-state index in [0.717, 1.165) is 4.90 Å². The molecule has 0 spiro atoms. The number of β-lactam (4-membered cyclic amide) rings is 1. The number of nitrogens with one attached hydrogen (secondary N) is 1. The zero-order valence-corrected chi connectivity index (χ0v) is 15.6. The molecule has 3 N–H and O–H groups in total. The molecule has 3 atom stereocenters. The Morgan fingerprint density at radius 2 is 2.00 bits per heavy atom. The molecule has 1 unspecified atom stereocenters. The number of benzene rings is 1. The summed E-state index contributed by atoms with van der Waals surface area (Å²) in [4.78, 5) is 48.5. The number of carbonyl (C=O) groups excluding carboxylic acids is 3. The number of hydrogen-bond acceptors (Lipinski definition) is 7. The summed E-state index contributed by atoms with van der Waals surface area (Å²) in [6, 6.07) is 7.32. The van der Waals surface area contributed by atoms with Crippen LogP contribution in [0.2, 0.25) is 0 Å². The van der Waals surface area contributed by atoms with Crippen LogP contribution in [-0.2, 0) is 23.9 Å². The lowest BCUT2D eigenvalue weighted by atomic mass is 10.0. The number of hydrogen-bond donors (Lipinski definition) is 3. The Morgan fingerprint density at radius 3 is 2.61 bits per heavy atom. The minimum atomic E-state index is -1.44. The molecule has 1 saturated heterocycles. The van der Waals surface area contributed by atoms with Crippen molar-refractivity contribution in [2.24, 2.45) is 0 Å². The lowest BCUT2D eigenvalue weighted by Gasteiger charge is -2.49. The second-order valence-corrected chi connectivity index (χ2v) is 7.35. The van der Waals surface area contributed by atoms with Crippen molar-refractivity contribution in [1.82, 2.24) is 10.2 Å². The molecule has 28 heavy (non-hydrogen) atoms. The molecule has 0 aromatic heterocycles. The summed E-state index contributed by atoms with van der Waals surface area (Å²) in [6.07, 6.45) is -1.44. The number of fused-ring (bicyclic) bond motifs is 1. The van der Waals surface area contributed by atoms with Crippen LogP contribution in [0.1, 0.15) is 18.6 Å². The first-order chi connectivity index (χ1) is 13.3. The minimum Gasteiger partial charge on any atom is -0.477 e. The standard InChI is InChI=1S/C18H18N2O7S/c1-9(21)27-7-11-8-28-17-12(16(24)20(17)13(11)18(25)26)19-15(23)14(22)10-5-3-2-4-6-10/h2-6,12,14,17,22H,7-8H2,1H3,(H,19,23)(H,25,26)/t12?,14-,17-/m1/s1. The monoisotopic (exact) mass is 406 g/mol. The second-order valence-electron chi connectivity index (χ2n) is 6.25. The van der Waals surface area contributed by atoms with E-state index in [0.29, 0.717) is 11.1 Å². The molecule has 1 fully saturated rings. The van der Waals surface area contributed by atoms with Crippen molar-refractivity contribution < 1.29 is 34.1 Å². The number of carboxylic acid groups (broad SMARTS) is 1. The Bertz CT molecular complexity index is 855. The van der Waals surface area contributed by atoms with E-state index in [1.54, 1.807) is 30.3 Å². The molecule has 0 saturated carbocycles. The first-order valence-corrected chi connectivity index (χ1v) is 9.43. The van der Waals surface area contributed by atoms with Crippen LogP contribution in [0.25, 0.3) is 0 Å². The van der Waals surface area contributed by atoms with E-state index in [9.17, 15) is 29.4 Å². The molecular formula is C18H18N2O7S. The van der Waals surface area contributed by atoms with Gasteiger partial charge in [0.2, 0.25) is 0 Å². The Hall–Kier alpha value is -2.85. The van der Waals surface area contributed by atoms with Gasteiger partial charge in [-0.25, -0.2) is 4.79 Å². The zero-order valence-electron chi connectivity index (χ0n) is 14.8. The SMILES string of the molecule is CC(=O)OCC1=C(C(=O)O)N2C(=O)C(NC(=O)[C@H](O)c3ccccc3)[C@H]2SC1. The smallest absolute Gasteiger partial charge is 0.352 e. The average molecular weight is 406 g/mol. The third-order valence-electron chi connectivity index (χ3n) is 4.36. The minimum absolute atomic E-state index is 0.218. The van der Waals surface area contributed by atoms with Crippen LogP contribution in [0.15, 0.2) is 41.6 Å². The van der Waals surface area contributed by atoms with Crippen molar-refractivity contribution >= 4 is 35.5 Å². The molecule has 1 aromatic carbocycles. The molecule has 2 heterocycles. The van der Waals surface area contributed by atoms with Gasteiger partial charge >= 0.3 is 11.9 Å². The van der Waals surface area contributed by atoms with E-state index in [1.807, 2.05) is 0 Å². The van der Waals surface area contributed by atoms with Crippen LogP contribution in [-0.4, -0.2) is 62.6 Å². The quantitative estimate of drug-likeness (QED) is 0.445. The average Bonchev–Trinajstić information content (AvgIpc) is 2.69. The van der Waals surface area contributed by atoms with Crippen LogP contribution in [0, 0.1) is 0 Å². The van der Waals surface area contributed by atoms with Gasteiger partial charge in [-0.3, -0.25) is 19.3 Å². The van der Waals surface area contributed by atoms with Crippen molar-refractivity contribution in [3.8, 4) is 0 Å². The summed E-state index contributed by atoms with van der Waals surface area (Å²) >= 11 is 1.25. The first kappa shape index (κ1) is 19.9. The molecule has 148 valence electrons. The summed E-state index contributed by atoms with van der Waals surface area (Å²) in [5.41, 5.74) is 0.463. The number of carboxylic acids is 1. The highest BCUT2D eigenvalue weighted by molar-refractivity contribution is 8.00. The maximum Gasteiger partial charge on any atom is 0.352 e. The highest BCUT2D eigenvalue weighted by Crippen LogP contribution is 2.40. The molecule has 2 aliphatic heterocycles. The first-order valence-electron chi connectivity index (χ1n) is 8.38. The molecule has 3 rings (SSSR count). The third kappa shape index (κ3) is 3.73. The summed E-state index contributed by atoms with van der Waals surface area (Å²) < 4.78 is 4.86. The van der Waals surface area contributed by atoms with Crippen molar-refractivity contribution in [2.45, 2.75) is 24.4 Å². The molecule has 0 radical (unpaired) electrons. The highest BCUT2D eigenvalue weighted by Gasteiger charge is 2.54. The predicted molar refractivity (Wildman–Crippen MR) is 97.7 cm³/mol. The fourth-order valence-electron chi connectivity index (χ4n) is 3.00. The maximum absolute atomic E-state index is 12.5. The van der Waals surface area contributed by atoms with Gasteiger partial charge in [0.1, 0.15) is 23.7 Å². The second kappa shape index (κ2) is 8.03. The lowest BCUT2D eigenvalue weighted by Crippen LogP contribution is -2.71. The summed E-state index contributed by atoms with van der Waals surface area (Å²) in [5.74, 6) is -2.97. The van der Waals surface area contributed by atoms with Crippen molar-refractivity contribution in [3.63, 3.8) is 0 Å². The molecule has 0 bridgehead atoms. The number of thioether (sulfide) groups is 1. The van der Waals surface area contributed by atoms with Gasteiger partial charge in [-0.15, -0.1) is 11.8 Å². The van der Waals surface area contributed by atoms with Crippen molar-refractivity contribution in [3.05, 3.63) is 47.2 Å². The maximum atomic E-state index is 12.5. The Kier molecular flexibility index (Phi) is 5.71. The number of carbonyl (C=O) groups is 4. The summed E-state index contributed by atoms with van der Waals surface area (Å²) in [6.45, 7) is 0.988. The van der Waals surface area contributed by atoms with Gasteiger partial charge < -0.3 is 20.3 Å². The van der Waals surface area contributed by atoms with Crippen LogP contribution in [0.5, 0.6) is 0 Å². The van der Waals surface area contributed by atoms with Crippen LogP contribution >= 0.6 is 11.8 Å². The van der Waals surface area contributed by atoms with E-state index >= 15 is 0 Å². The summed E-state index contributed by atoms with van der Waals surface area (Å²) in [5, 5.41) is 21.5. The van der Waals surface area contributed by atoms with Crippen molar-refractivity contribution in [1.29, 1.82) is 0 Å². The number of aliphatic carboxylic acids is 1. The topological polar surface area (TPSA) is 133 Å². The largest absolute Gasteiger partial charge is 0.477 e. The van der Waals surface area contributed by atoms with Gasteiger partial charge in [-0.1, -0.05) is 30.3 Å². The number of ether oxygens (including phenoxy) is 1. The molecule has 10 heteroatoms. The van der Waals surface area contributed by atoms with Gasteiger partial charge in [0.15, 0.2) is 6.10 Å². The molecular weight excluding hydrogens is 388 g/mol. The van der Waals surface area contributed by atoms with Crippen LogP contribution in [0.4, 0.5) is 0 Å². The van der Waals surface area contributed by atoms with Crippen LogP contribution in [0.3, 0.4) is 0 Å². The number of aliphatic hydroxyl groups excluding tert-OH is 1. The Morgan fingerprint density at radius 1 is 1.32 bits per heavy atom. The fourth-order valence-corrected chi connectivity index (χ4v) is 4.33. The molecule has 9 nitrogen and oxygen atoms in total. The van der Waals surface area contributed by atoms with Crippen molar-refractivity contribution in [2.75, 3.05) is 12.4 Å². The van der Waals surface area contributed by atoms with E-state index < -0.39 is 41.3 Å². The molecule has 2 aliphatic rings. The van der Waals surface area contributed by atoms with Gasteiger partial charge in [0.25, 0.3) is 11.8 Å². The number of aliphatic hydroxyl groups is 1. The Labute approximate surface area is 164 Å². The Balaban J connectivity index is 1.72. The van der Waals surface area contributed by atoms with Gasteiger partial charge in [0, 0.05) is 18.2 Å². The van der Waals surface area contributed by atoms with E-state index in [2.05, 4.69) is 5.32 Å². The third-order valence-corrected chi connectivity index (χ3v) is 5.70. The van der Waals surface area contributed by atoms with Gasteiger partial charge in [-0.2, -0.15) is 0 Å². The highest BCUT2D eigenvalue weighted by atomic mass is 32.2. The van der Waals surface area contributed by atoms with Crippen LogP contribution < -0.4 is 5.32 Å². The van der Waals surface area contributed by atoms with E-state index in [-0.39, 0.29) is 18.1 Å². The molecule has 1 aromatic rings. The summed E-state index contributed by atoms with van der Waals surface area (Å²) in [7, 11) is 0.